The normalized spacial score (nSPS) is 14.5. The molecule has 3 rings (SSSR count). The lowest BCUT2D eigenvalue weighted by Crippen LogP contribution is -2.35. The fourth-order valence-corrected chi connectivity index (χ4v) is 2.97. The Bertz CT molecular complexity index is 895. The maximum atomic E-state index is 13.2. The van der Waals surface area contributed by atoms with E-state index in [4.69, 9.17) is 17.3 Å². The fourth-order valence-electron chi connectivity index (χ4n) is 2.74. The van der Waals surface area contributed by atoms with Crippen molar-refractivity contribution in [1.82, 2.24) is 0 Å². The summed E-state index contributed by atoms with van der Waals surface area (Å²) < 4.78 is 39.6. The summed E-state index contributed by atoms with van der Waals surface area (Å²) in [4.78, 5) is 17.1. The fraction of sp³-hybridized carbons (Fsp3) is 0.167. The number of rotatable bonds is 3. The predicted octanol–water partition coefficient (Wildman–Crippen LogP) is 3.77. The number of benzene rings is 2. The van der Waals surface area contributed by atoms with E-state index in [1.807, 2.05) is 0 Å². The van der Waals surface area contributed by atoms with Gasteiger partial charge in [0.15, 0.2) is 0 Å². The Balaban J connectivity index is 2.23. The molecule has 2 aromatic rings. The van der Waals surface area contributed by atoms with Crippen LogP contribution in [0.3, 0.4) is 0 Å². The first-order chi connectivity index (χ1) is 12.3. The van der Waals surface area contributed by atoms with Gasteiger partial charge in [-0.2, -0.15) is 13.2 Å². The van der Waals surface area contributed by atoms with Gasteiger partial charge in [0.05, 0.1) is 23.5 Å². The Morgan fingerprint density at radius 1 is 1.19 bits per heavy atom. The number of benzodiazepines with no additional fused rings is 1. The summed E-state index contributed by atoms with van der Waals surface area (Å²) >= 11 is 5.25. The molecule has 0 saturated carbocycles. The Morgan fingerprint density at radius 2 is 1.88 bits per heavy atom. The molecule has 0 bridgehead atoms. The van der Waals surface area contributed by atoms with Crippen LogP contribution in [0.1, 0.15) is 16.7 Å². The van der Waals surface area contributed by atoms with Crippen LogP contribution in [0.15, 0.2) is 53.5 Å². The van der Waals surface area contributed by atoms with Gasteiger partial charge in [0.1, 0.15) is 11.5 Å². The van der Waals surface area contributed by atoms with Gasteiger partial charge in [0, 0.05) is 11.1 Å². The van der Waals surface area contributed by atoms with Crippen LogP contribution in [0, 0.1) is 0 Å². The molecule has 0 atom stereocenters. The van der Waals surface area contributed by atoms with Gasteiger partial charge in [0.25, 0.3) is 0 Å². The van der Waals surface area contributed by atoms with E-state index in [0.29, 0.717) is 17.0 Å². The largest absolute Gasteiger partial charge is 0.480 e. The third kappa shape index (κ3) is 3.60. The van der Waals surface area contributed by atoms with Crippen LogP contribution in [-0.4, -0.2) is 34.9 Å². The zero-order valence-electron chi connectivity index (χ0n) is 13.3. The van der Waals surface area contributed by atoms with Crippen molar-refractivity contribution in [3.8, 4) is 0 Å². The number of aliphatic imine (C=N–C) groups is 1. The number of fused-ring (bicyclic) bond motifs is 1. The van der Waals surface area contributed by atoms with Crippen molar-refractivity contribution in [2.45, 2.75) is 6.18 Å². The van der Waals surface area contributed by atoms with Gasteiger partial charge >= 0.3 is 12.1 Å². The summed E-state index contributed by atoms with van der Waals surface area (Å²) in [6.45, 7) is -0.433. The van der Waals surface area contributed by atoms with E-state index in [1.165, 1.54) is 11.0 Å². The molecule has 0 saturated heterocycles. The molecule has 2 aromatic carbocycles. The first kappa shape index (κ1) is 18.1. The molecule has 1 aliphatic rings. The molecule has 0 radical (unpaired) electrons. The maximum absolute atomic E-state index is 13.2. The highest BCUT2D eigenvalue weighted by Crippen LogP contribution is 2.35. The minimum atomic E-state index is -4.53. The molecule has 0 aromatic heterocycles. The van der Waals surface area contributed by atoms with Crippen molar-refractivity contribution in [1.29, 1.82) is 0 Å². The maximum Gasteiger partial charge on any atom is 0.416 e. The number of hydrogen-bond donors (Lipinski definition) is 1. The Labute approximate surface area is 152 Å². The van der Waals surface area contributed by atoms with Crippen molar-refractivity contribution < 1.29 is 23.1 Å². The molecular weight excluding hydrogens is 365 g/mol. The average Bonchev–Trinajstić information content (AvgIpc) is 2.72. The average molecular weight is 378 g/mol. The van der Waals surface area contributed by atoms with E-state index in [1.54, 1.807) is 30.3 Å². The zero-order chi connectivity index (χ0) is 18.9. The van der Waals surface area contributed by atoms with Crippen molar-refractivity contribution in [3.63, 3.8) is 0 Å². The van der Waals surface area contributed by atoms with E-state index in [2.05, 4.69) is 4.99 Å². The Morgan fingerprint density at radius 3 is 2.50 bits per heavy atom. The predicted molar refractivity (Wildman–Crippen MR) is 96.0 cm³/mol. The van der Waals surface area contributed by atoms with E-state index in [-0.39, 0.29) is 17.1 Å². The quantitative estimate of drug-likeness (QED) is 0.826. The van der Waals surface area contributed by atoms with Crippen LogP contribution in [0.5, 0.6) is 0 Å². The molecule has 4 nitrogen and oxygen atoms in total. The highest BCUT2D eigenvalue weighted by molar-refractivity contribution is 7.80. The van der Waals surface area contributed by atoms with Crippen LogP contribution >= 0.6 is 12.2 Å². The number of carbonyl (C=O) groups is 1. The van der Waals surface area contributed by atoms with Gasteiger partial charge in [-0.3, -0.25) is 9.79 Å². The summed E-state index contributed by atoms with van der Waals surface area (Å²) in [7, 11) is 0. The molecule has 1 heterocycles. The van der Waals surface area contributed by atoms with E-state index < -0.39 is 24.3 Å². The molecule has 0 spiro atoms. The monoisotopic (exact) mass is 378 g/mol. The van der Waals surface area contributed by atoms with Crippen molar-refractivity contribution in [2.24, 2.45) is 4.99 Å². The summed E-state index contributed by atoms with van der Waals surface area (Å²) in [6.07, 6.45) is -4.53. The lowest BCUT2D eigenvalue weighted by atomic mass is 9.98. The molecule has 0 fully saturated rings. The second-order valence-corrected chi connectivity index (χ2v) is 6.11. The van der Waals surface area contributed by atoms with E-state index in [0.717, 1.165) is 12.1 Å². The standard InChI is InChI=1S/C18H13F3N2O2S/c19-18(20,21)12-6-7-14-13(8-12)17(11-4-2-1-3-5-11)22-9-15(26)23(14)10-16(24)25/h1-8H,9-10H2,(H,24,25). The van der Waals surface area contributed by atoms with Crippen LogP contribution < -0.4 is 4.90 Å². The Kier molecular flexibility index (Phi) is 4.78. The molecule has 26 heavy (non-hydrogen) atoms. The summed E-state index contributed by atoms with van der Waals surface area (Å²) in [6, 6.07) is 11.9. The molecule has 0 unspecified atom stereocenters. The van der Waals surface area contributed by atoms with Gasteiger partial charge in [0.2, 0.25) is 0 Å². The molecule has 1 N–H and O–H groups in total. The molecule has 134 valence electrons. The first-order valence-corrected chi connectivity index (χ1v) is 8.02. The lowest BCUT2D eigenvalue weighted by Gasteiger charge is -2.24. The highest BCUT2D eigenvalue weighted by Gasteiger charge is 2.33. The summed E-state index contributed by atoms with van der Waals surface area (Å²) in [5, 5.41) is 9.15. The van der Waals surface area contributed by atoms with Crippen molar-refractivity contribution in [2.75, 3.05) is 18.0 Å². The van der Waals surface area contributed by atoms with Gasteiger partial charge in [-0.1, -0.05) is 42.5 Å². The van der Waals surface area contributed by atoms with Crippen LogP contribution in [-0.2, 0) is 11.0 Å². The van der Waals surface area contributed by atoms with Gasteiger partial charge in [-0.15, -0.1) is 0 Å². The number of anilines is 1. The van der Waals surface area contributed by atoms with Crippen LogP contribution in [0.4, 0.5) is 18.9 Å². The summed E-state index contributed by atoms with van der Waals surface area (Å²) in [5.41, 5.74) is 0.649. The number of carboxylic acid groups (broad SMARTS) is 1. The third-order valence-corrected chi connectivity index (χ3v) is 4.23. The number of hydrogen-bond acceptors (Lipinski definition) is 3. The minimum Gasteiger partial charge on any atom is -0.480 e. The number of carboxylic acids is 1. The SMILES string of the molecule is O=C(O)CN1C(=S)CN=C(c2ccccc2)c2cc(C(F)(F)F)ccc21. The van der Waals surface area contributed by atoms with Gasteiger partial charge in [-0.05, 0) is 18.2 Å². The number of alkyl halides is 3. The van der Waals surface area contributed by atoms with Crippen LogP contribution in [0.25, 0.3) is 0 Å². The molecule has 8 heteroatoms. The van der Waals surface area contributed by atoms with E-state index >= 15 is 0 Å². The number of aliphatic carboxylic acids is 1. The third-order valence-electron chi connectivity index (χ3n) is 3.88. The number of thiocarbonyl (C=S) groups is 1. The van der Waals surface area contributed by atoms with Crippen molar-refractivity contribution in [3.05, 3.63) is 65.2 Å². The topological polar surface area (TPSA) is 52.9 Å². The lowest BCUT2D eigenvalue weighted by molar-refractivity contribution is -0.138. The second-order valence-electron chi connectivity index (χ2n) is 5.63. The second kappa shape index (κ2) is 6.87. The van der Waals surface area contributed by atoms with Crippen LogP contribution in [0.2, 0.25) is 0 Å². The molecule has 0 aliphatic carbocycles. The number of nitrogens with zero attached hydrogens (tertiary/aromatic N) is 2. The van der Waals surface area contributed by atoms with Crippen molar-refractivity contribution >= 4 is 34.6 Å². The van der Waals surface area contributed by atoms with Gasteiger partial charge in [-0.25, -0.2) is 0 Å². The van der Waals surface area contributed by atoms with E-state index in [9.17, 15) is 18.0 Å². The zero-order valence-corrected chi connectivity index (χ0v) is 14.1. The summed E-state index contributed by atoms with van der Waals surface area (Å²) in [5.74, 6) is -1.14. The Hall–Kier alpha value is -2.74. The molecule has 1 aliphatic heterocycles. The first-order valence-electron chi connectivity index (χ1n) is 7.61. The molecule has 0 amide bonds. The smallest absolute Gasteiger partial charge is 0.416 e. The van der Waals surface area contributed by atoms with Gasteiger partial charge < -0.3 is 10.0 Å². The molecular formula is C18H13F3N2O2S. The highest BCUT2D eigenvalue weighted by atomic mass is 32.1. The number of halogens is 3. The minimum absolute atomic E-state index is 0.0167.